The lowest BCUT2D eigenvalue weighted by atomic mass is 10.1. The summed E-state index contributed by atoms with van der Waals surface area (Å²) < 4.78 is 6.59. The molecule has 0 radical (unpaired) electrons. The predicted molar refractivity (Wildman–Crippen MR) is 76.4 cm³/mol. The van der Waals surface area contributed by atoms with E-state index < -0.39 is 0 Å². The zero-order chi connectivity index (χ0) is 13.1. The van der Waals surface area contributed by atoms with E-state index in [1.54, 1.807) is 0 Å². The molecule has 0 unspecified atom stereocenters. The molecule has 0 aliphatic carbocycles. The summed E-state index contributed by atoms with van der Waals surface area (Å²) >= 11 is 3.49. The van der Waals surface area contributed by atoms with Gasteiger partial charge >= 0.3 is 0 Å². The van der Waals surface area contributed by atoms with Crippen LogP contribution in [0.4, 0.5) is 0 Å². The van der Waals surface area contributed by atoms with Gasteiger partial charge in [0, 0.05) is 22.6 Å². The third-order valence-corrected chi connectivity index (χ3v) is 3.26. The van der Waals surface area contributed by atoms with E-state index in [0.29, 0.717) is 6.04 Å². The third-order valence-electron chi connectivity index (χ3n) is 2.76. The molecule has 1 heterocycles. The first-order chi connectivity index (χ1) is 8.58. The number of aromatic nitrogens is 1. The number of rotatable bonds is 4. The molecule has 0 fully saturated rings. The molecule has 4 heteroatoms. The molecule has 0 saturated carbocycles. The number of aryl methyl sites for hydroxylation is 1. The van der Waals surface area contributed by atoms with Crippen molar-refractivity contribution in [3.05, 3.63) is 40.3 Å². The minimum absolute atomic E-state index is 0.429. The molecule has 0 saturated heterocycles. The Kier molecular flexibility index (Phi) is 4.19. The van der Waals surface area contributed by atoms with Crippen LogP contribution in [0.15, 0.2) is 33.5 Å². The van der Waals surface area contributed by atoms with Crippen molar-refractivity contribution in [2.45, 2.75) is 33.4 Å². The molecule has 0 spiro atoms. The van der Waals surface area contributed by atoms with Crippen molar-refractivity contribution in [1.29, 1.82) is 0 Å². The van der Waals surface area contributed by atoms with Gasteiger partial charge in [-0.05, 0) is 24.6 Å². The zero-order valence-corrected chi connectivity index (χ0v) is 12.4. The Morgan fingerprint density at radius 3 is 2.89 bits per heavy atom. The van der Waals surface area contributed by atoms with Crippen molar-refractivity contribution in [3.63, 3.8) is 0 Å². The van der Waals surface area contributed by atoms with Crippen LogP contribution in [-0.2, 0) is 6.54 Å². The summed E-state index contributed by atoms with van der Waals surface area (Å²) in [4.78, 5) is 4.29. The van der Waals surface area contributed by atoms with Crippen molar-refractivity contribution in [2.75, 3.05) is 0 Å². The topological polar surface area (TPSA) is 38.1 Å². The molecule has 0 atom stereocenters. The number of oxazole rings is 1. The van der Waals surface area contributed by atoms with Gasteiger partial charge in [-0.15, -0.1) is 0 Å². The van der Waals surface area contributed by atoms with Crippen LogP contribution in [0, 0.1) is 6.92 Å². The van der Waals surface area contributed by atoms with Crippen molar-refractivity contribution in [3.8, 4) is 11.3 Å². The van der Waals surface area contributed by atoms with Crippen LogP contribution in [0.2, 0.25) is 0 Å². The summed E-state index contributed by atoms with van der Waals surface area (Å²) in [6.45, 7) is 7.02. The Morgan fingerprint density at radius 2 is 2.17 bits per heavy atom. The van der Waals surface area contributed by atoms with E-state index in [0.717, 1.165) is 28.0 Å². The van der Waals surface area contributed by atoms with Gasteiger partial charge in [-0.2, -0.15) is 0 Å². The lowest BCUT2D eigenvalue weighted by molar-refractivity contribution is 0.562. The van der Waals surface area contributed by atoms with Crippen molar-refractivity contribution in [1.82, 2.24) is 10.3 Å². The fourth-order valence-electron chi connectivity index (χ4n) is 1.75. The monoisotopic (exact) mass is 308 g/mol. The summed E-state index contributed by atoms with van der Waals surface area (Å²) in [5.41, 5.74) is 3.22. The molecular weight excluding hydrogens is 292 g/mol. The van der Waals surface area contributed by atoms with Crippen molar-refractivity contribution >= 4 is 15.9 Å². The van der Waals surface area contributed by atoms with Crippen LogP contribution in [-0.4, -0.2) is 11.0 Å². The first-order valence-electron chi connectivity index (χ1n) is 6.00. The van der Waals surface area contributed by atoms with Crippen LogP contribution in [0.5, 0.6) is 0 Å². The number of hydrogen-bond donors (Lipinski definition) is 1. The highest BCUT2D eigenvalue weighted by molar-refractivity contribution is 9.10. The molecule has 0 aliphatic rings. The molecular formula is C14H17BrN2O. The van der Waals surface area contributed by atoms with E-state index in [9.17, 15) is 0 Å². The average molecular weight is 309 g/mol. The Morgan fingerprint density at radius 1 is 1.39 bits per heavy atom. The molecule has 0 amide bonds. The molecule has 2 rings (SSSR count). The first kappa shape index (κ1) is 13.3. The van der Waals surface area contributed by atoms with Gasteiger partial charge in [0.2, 0.25) is 0 Å². The minimum Gasteiger partial charge on any atom is -0.443 e. The number of hydrogen-bond acceptors (Lipinski definition) is 3. The SMILES string of the molecule is Cc1ccc(Br)cc1-c1ocnc1CNC(C)C. The number of benzene rings is 1. The standard InChI is InChI=1S/C14H17BrN2O/c1-9(2)16-7-13-14(18-8-17-13)12-6-11(15)5-4-10(12)3/h4-6,8-9,16H,7H2,1-3H3. The van der Waals surface area contributed by atoms with E-state index in [1.165, 1.54) is 12.0 Å². The number of halogens is 1. The molecule has 96 valence electrons. The maximum Gasteiger partial charge on any atom is 0.181 e. The smallest absolute Gasteiger partial charge is 0.181 e. The van der Waals surface area contributed by atoms with E-state index in [-0.39, 0.29) is 0 Å². The zero-order valence-electron chi connectivity index (χ0n) is 10.8. The molecule has 18 heavy (non-hydrogen) atoms. The van der Waals surface area contributed by atoms with E-state index in [4.69, 9.17) is 4.42 Å². The average Bonchev–Trinajstić information content (AvgIpc) is 2.77. The highest BCUT2D eigenvalue weighted by Crippen LogP contribution is 2.29. The lowest BCUT2D eigenvalue weighted by Gasteiger charge is -2.08. The summed E-state index contributed by atoms with van der Waals surface area (Å²) in [5.74, 6) is 0.849. The van der Waals surface area contributed by atoms with Gasteiger partial charge in [0.1, 0.15) is 5.69 Å². The fourth-order valence-corrected chi connectivity index (χ4v) is 2.11. The predicted octanol–water partition coefficient (Wildman–Crippen LogP) is 3.91. The summed E-state index contributed by atoms with van der Waals surface area (Å²) in [6.07, 6.45) is 1.51. The molecule has 0 bridgehead atoms. The molecule has 1 N–H and O–H groups in total. The molecule has 3 nitrogen and oxygen atoms in total. The Balaban J connectivity index is 2.33. The summed E-state index contributed by atoms with van der Waals surface area (Å²) in [6, 6.07) is 6.59. The Labute approximate surface area is 116 Å². The maximum atomic E-state index is 5.55. The molecule has 2 aromatic rings. The van der Waals surface area contributed by atoms with Crippen molar-refractivity contribution < 1.29 is 4.42 Å². The van der Waals surface area contributed by atoms with Crippen LogP contribution in [0.3, 0.4) is 0 Å². The van der Waals surface area contributed by atoms with E-state index in [1.807, 2.05) is 6.07 Å². The second-order valence-electron chi connectivity index (χ2n) is 4.62. The molecule has 1 aromatic carbocycles. The largest absolute Gasteiger partial charge is 0.443 e. The second-order valence-corrected chi connectivity index (χ2v) is 5.54. The summed E-state index contributed by atoms with van der Waals surface area (Å²) in [5, 5.41) is 3.36. The van der Waals surface area contributed by atoms with Gasteiger partial charge in [-0.25, -0.2) is 4.98 Å². The van der Waals surface area contributed by atoms with Gasteiger partial charge in [-0.3, -0.25) is 0 Å². The van der Waals surface area contributed by atoms with Gasteiger partial charge in [0.25, 0.3) is 0 Å². The van der Waals surface area contributed by atoms with Crippen LogP contribution >= 0.6 is 15.9 Å². The highest BCUT2D eigenvalue weighted by atomic mass is 79.9. The number of nitrogens with zero attached hydrogens (tertiary/aromatic N) is 1. The van der Waals surface area contributed by atoms with Crippen molar-refractivity contribution in [2.24, 2.45) is 0 Å². The van der Waals surface area contributed by atoms with Crippen LogP contribution in [0.25, 0.3) is 11.3 Å². The minimum atomic E-state index is 0.429. The maximum absolute atomic E-state index is 5.55. The third kappa shape index (κ3) is 3.00. The quantitative estimate of drug-likeness (QED) is 0.930. The Hall–Kier alpha value is -1.13. The van der Waals surface area contributed by atoms with Gasteiger partial charge in [-0.1, -0.05) is 35.8 Å². The van der Waals surface area contributed by atoms with E-state index in [2.05, 4.69) is 59.1 Å². The lowest BCUT2D eigenvalue weighted by Crippen LogP contribution is -2.22. The second kappa shape index (κ2) is 5.67. The fraction of sp³-hybridized carbons (Fsp3) is 0.357. The van der Waals surface area contributed by atoms with Gasteiger partial charge in [0.05, 0.1) is 0 Å². The first-order valence-corrected chi connectivity index (χ1v) is 6.79. The highest BCUT2D eigenvalue weighted by Gasteiger charge is 2.13. The van der Waals surface area contributed by atoms with Crippen LogP contribution in [0.1, 0.15) is 25.1 Å². The normalized spacial score (nSPS) is 11.2. The van der Waals surface area contributed by atoms with Gasteiger partial charge in [0.15, 0.2) is 12.2 Å². The molecule has 0 aliphatic heterocycles. The Bertz CT molecular complexity index is 534. The van der Waals surface area contributed by atoms with Gasteiger partial charge < -0.3 is 9.73 Å². The van der Waals surface area contributed by atoms with Crippen LogP contribution < -0.4 is 5.32 Å². The molecule has 1 aromatic heterocycles. The summed E-state index contributed by atoms with van der Waals surface area (Å²) in [7, 11) is 0. The van der Waals surface area contributed by atoms with E-state index >= 15 is 0 Å². The number of nitrogens with one attached hydrogen (secondary N) is 1.